The van der Waals surface area contributed by atoms with E-state index in [1.54, 1.807) is 18.3 Å². The summed E-state index contributed by atoms with van der Waals surface area (Å²) in [6.45, 7) is 3.03. The lowest BCUT2D eigenvalue weighted by Gasteiger charge is -2.28. The van der Waals surface area contributed by atoms with Crippen molar-refractivity contribution >= 4 is 0 Å². The lowest BCUT2D eigenvalue weighted by atomic mass is 9.95. The third kappa shape index (κ3) is 1.29. The van der Waals surface area contributed by atoms with Gasteiger partial charge in [-0.1, -0.05) is 5.57 Å². The zero-order valence-corrected chi connectivity index (χ0v) is 7.80. The van der Waals surface area contributed by atoms with Crippen molar-refractivity contribution in [2.45, 2.75) is 32.5 Å². The van der Waals surface area contributed by atoms with Crippen LogP contribution in [0.3, 0.4) is 0 Å². The highest BCUT2D eigenvalue weighted by Gasteiger charge is 2.30. The quantitative estimate of drug-likeness (QED) is 0.558. The summed E-state index contributed by atoms with van der Waals surface area (Å²) in [6.07, 6.45) is 3.68. The first-order valence-corrected chi connectivity index (χ1v) is 4.64. The second kappa shape index (κ2) is 3.19. The Hall–Kier alpha value is -0.340. The van der Waals surface area contributed by atoms with Crippen LogP contribution in [0.2, 0.25) is 0 Å². The first-order chi connectivity index (χ1) is 5.81. The summed E-state index contributed by atoms with van der Waals surface area (Å²) >= 11 is 0. The molecule has 1 saturated heterocycles. The van der Waals surface area contributed by atoms with Crippen molar-refractivity contribution in [3.63, 3.8) is 0 Å². The van der Waals surface area contributed by atoms with Gasteiger partial charge in [0.1, 0.15) is 0 Å². The maximum Gasteiger partial charge on any atom is 0.158 e. The molecule has 2 atom stereocenters. The summed E-state index contributed by atoms with van der Waals surface area (Å²) in [5.74, 6) is 0.753. The lowest BCUT2D eigenvalue weighted by Crippen LogP contribution is -2.27. The van der Waals surface area contributed by atoms with Crippen molar-refractivity contribution in [2.75, 3.05) is 13.7 Å². The molecular weight excluding hydrogens is 152 g/mol. The van der Waals surface area contributed by atoms with Crippen molar-refractivity contribution in [3.05, 3.63) is 11.1 Å². The van der Waals surface area contributed by atoms with Gasteiger partial charge >= 0.3 is 0 Å². The molecule has 0 spiro atoms. The molecule has 2 aliphatic rings. The van der Waals surface area contributed by atoms with Crippen LogP contribution in [-0.4, -0.2) is 20.0 Å². The van der Waals surface area contributed by atoms with Gasteiger partial charge in [-0.2, -0.15) is 0 Å². The van der Waals surface area contributed by atoms with Crippen LogP contribution in [0.15, 0.2) is 11.1 Å². The summed E-state index contributed by atoms with van der Waals surface area (Å²) in [7, 11) is 1.72. The predicted molar refractivity (Wildman–Crippen MR) is 46.8 cm³/mol. The number of allylic oxidation sites excluding steroid dienone is 1. The molecule has 1 fully saturated rings. The van der Waals surface area contributed by atoms with E-state index in [4.69, 9.17) is 9.47 Å². The van der Waals surface area contributed by atoms with E-state index in [-0.39, 0.29) is 6.29 Å². The normalized spacial score (nSPS) is 35.5. The monoisotopic (exact) mass is 168 g/mol. The van der Waals surface area contributed by atoms with Gasteiger partial charge in [0.15, 0.2) is 6.29 Å². The Morgan fingerprint density at radius 1 is 1.50 bits per heavy atom. The van der Waals surface area contributed by atoms with E-state index in [0.717, 1.165) is 18.9 Å². The molecule has 68 valence electrons. The molecule has 0 saturated carbocycles. The SMILES string of the molecule is CO[C@@H]1C[C@@H]2CCC(C)=C2CO1. The Morgan fingerprint density at radius 2 is 2.33 bits per heavy atom. The lowest BCUT2D eigenvalue weighted by molar-refractivity contribution is -0.141. The Kier molecular flexibility index (Phi) is 2.20. The molecule has 0 amide bonds. The Morgan fingerprint density at radius 3 is 3.08 bits per heavy atom. The van der Waals surface area contributed by atoms with Crippen LogP contribution in [-0.2, 0) is 9.47 Å². The molecule has 2 rings (SSSR count). The number of ether oxygens (including phenoxy) is 2. The highest BCUT2D eigenvalue weighted by Crippen LogP contribution is 2.38. The minimum Gasteiger partial charge on any atom is -0.356 e. The molecule has 2 nitrogen and oxygen atoms in total. The predicted octanol–water partition coefficient (Wildman–Crippen LogP) is 2.11. The molecule has 0 aromatic heterocycles. The van der Waals surface area contributed by atoms with E-state index in [1.807, 2.05) is 0 Å². The molecule has 0 aromatic carbocycles. The van der Waals surface area contributed by atoms with Crippen molar-refractivity contribution in [2.24, 2.45) is 5.92 Å². The van der Waals surface area contributed by atoms with E-state index in [2.05, 4.69) is 6.92 Å². The minimum absolute atomic E-state index is 0.0460. The fourth-order valence-corrected chi connectivity index (χ4v) is 2.22. The standard InChI is InChI=1S/C10H16O2/c1-7-3-4-8-5-10(11-2)12-6-9(7)8/h8,10H,3-6H2,1-2H3/t8-,10-/m0/s1. The minimum atomic E-state index is 0.0460. The van der Waals surface area contributed by atoms with Gasteiger partial charge in [0.05, 0.1) is 6.61 Å². The van der Waals surface area contributed by atoms with Crippen LogP contribution in [0.4, 0.5) is 0 Å². The number of fused-ring (bicyclic) bond motifs is 1. The molecule has 12 heavy (non-hydrogen) atoms. The number of methoxy groups -OCH3 is 1. The van der Waals surface area contributed by atoms with Gasteiger partial charge in [0, 0.05) is 13.5 Å². The Bertz CT molecular complexity index is 208. The number of hydrogen-bond acceptors (Lipinski definition) is 2. The molecule has 1 aliphatic heterocycles. The fourth-order valence-electron chi connectivity index (χ4n) is 2.22. The smallest absolute Gasteiger partial charge is 0.158 e. The molecule has 1 heterocycles. The third-order valence-corrected chi connectivity index (χ3v) is 3.07. The molecule has 1 aliphatic carbocycles. The second-order valence-corrected chi connectivity index (χ2v) is 3.75. The molecule has 0 radical (unpaired) electrons. The van der Waals surface area contributed by atoms with Crippen LogP contribution in [0.1, 0.15) is 26.2 Å². The van der Waals surface area contributed by atoms with Gasteiger partial charge in [-0.25, -0.2) is 0 Å². The third-order valence-electron chi connectivity index (χ3n) is 3.07. The largest absolute Gasteiger partial charge is 0.356 e. The Balaban J connectivity index is 2.06. The van der Waals surface area contributed by atoms with Crippen molar-refractivity contribution in [1.82, 2.24) is 0 Å². The van der Waals surface area contributed by atoms with E-state index in [9.17, 15) is 0 Å². The van der Waals surface area contributed by atoms with Crippen LogP contribution < -0.4 is 0 Å². The molecule has 0 bridgehead atoms. The average molecular weight is 168 g/mol. The first kappa shape index (κ1) is 8.27. The van der Waals surface area contributed by atoms with Gasteiger partial charge < -0.3 is 9.47 Å². The summed E-state index contributed by atoms with van der Waals surface area (Å²) in [6, 6.07) is 0. The summed E-state index contributed by atoms with van der Waals surface area (Å²) in [5, 5.41) is 0. The van der Waals surface area contributed by atoms with Gasteiger partial charge in [-0.15, -0.1) is 0 Å². The maximum atomic E-state index is 5.53. The average Bonchev–Trinajstić information content (AvgIpc) is 2.47. The number of hydrogen-bond donors (Lipinski definition) is 0. The van der Waals surface area contributed by atoms with Crippen LogP contribution in [0, 0.1) is 5.92 Å². The zero-order valence-electron chi connectivity index (χ0n) is 7.80. The van der Waals surface area contributed by atoms with Crippen molar-refractivity contribution < 1.29 is 9.47 Å². The maximum absolute atomic E-state index is 5.53. The second-order valence-electron chi connectivity index (χ2n) is 3.75. The zero-order chi connectivity index (χ0) is 8.55. The van der Waals surface area contributed by atoms with E-state index in [1.165, 1.54) is 12.8 Å². The number of rotatable bonds is 1. The van der Waals surface area contributed by atoms with Crippen LogP contribution in [0.25, 0.3) is 0 Å². The summed E-state index contributed by atoms with van der Waals surface area (Å²) in [5.41, 5.74) is 3.10. The highest BCUT2D eigenvalue weighted by molar-refractivity contribution is 5.22. The molecular formula is C10H16O2. The molecule has 0 aromatic rings. The van der Waals surface area contributed by atoms with Crippen LogP contribution >= 0.6 is 0 Å². The highest BCUT2D eigenvalue weighted by atomic mass is 16.7. The topological polar surface area (TPSA) is 18.5 Å². The fraction of sp³-hybridized carbons (Fsp3) is 0.800. The van der Waals surface area contributed by atoms with Crippen LogP contribution in [0.5, 0.6) is 0 Å². The van der Waals surface area contributed by atoms with Gasteiger partial charge in [0.25, 0.3) is 0 Å². The first-order valence-electron chi connectivity index (χ1n) is 4.64. The van der Waals surface area contributed by atoms with Crippen molar-refractivity contribution in [1.29, 1.82) is 0 Å². The van der Waals surface area contributed by atoms with E-state index < -0.39 is 0 Å². The Labute approximate surface area is 73.5 Å². The van der Waals surface area contributed by atoms with E-state index >= 15 is 0 Å². The molecule has 0 unspecified atom stereocenters. The summed E-state index contributed by atoms with van der Waals surface area (Å²) < 4.78 is 10.7. The van der Waals surface area contributed by atoms with Gasteiger partial charge in [-0.05, 0) is 31.3 Å². The van der Waals surface area contributed by atoms with Gasteiger partial charge in [-0.3, -0.25) is 0 Å². The molecule has 2 heteroatoms. The van der Waals surface area contributed by atoms with Crippen molar-refractivity contribution in [3.8, 4) is 0 Å². The summed E-state index contributed by atoms with van der Waals surface area (Å²) in [4.78, 5) is 0. The van der Waals surface area contributed by atoms with Gasteiger partial charge in [0.2, 0.25) is 0 Å². The molecule has 0 N–H and O–H groups in total. The van der Waals surface area contributed by atoms with E-state index in [0.29, 0.717) is 0 Å².